The highest BCUT2D eigenvalue weighted by Crippen LogP contribution is 2.13. The molecule has 0 spiro atoms. The molecule has 1 fully saturated rings. The van der Waals surface area contributed by atoms with E-state index in [0.29, 0.717) is 0 Å². The number of nitrogens with two attached hydrogens (primary N) is 1. The van der Waals surface area contributed by atoms with E-state index in [1.807, 2.05) is 0 Å². The van der Waals surface area contributed by atoms with Crippen molar-refractivity contribution >= 4 is 6.29 Å². The number of rotatable bonds is 2. The molecule has 0 aromatic rings. The van der Waals surface area contributed by atoms with Crippen LogP contribution >= 0.6 is 0 Å². The van der Waals surface area contributed by atoms with Crippen LogP contribution in [0, 0.1) is 0 Å². The summed E-state index contributed by atoms with van der Waals surface area (Å²) in [6.07, 6.45) is 2.71. The van der Waals surface area contributed by atoms with Crippen LogP contribution < -0.4 is 5.90 Å². The highest BCUT2D eigenvalue weighted by Gasteiger charge is 2.23. The van der Waals surface area contributed by atoms with Crippen molar-refractivity contribution in [3.63, 3.8) is 0 Å². The van der Waals surface area contributed by atoms with Gasteiger partial charge in [-0.25, -0.2) is 4.94 Å². The van der Waals surface area contributed by atoms with Crippen LogP contribution in [0.4, 0.5) is 0 Å². The number of carbonyl (C=O) groups excluding carboxylic acids is 1. The Morgan fingerprint density at radius 2 is 2.56 bits per heavy atom. The lowest BCUT2D eigenvalue weighted by atomic mass is 10.2. The Balaban J connectivity index is 2.41. The van der Waals surface area contributed by atoms with Gasteiger partial charge in [0.2, 0.25) is 0 Å². The van der Waals surface area contributed by atoms with Crippen molar-refractivity contribution in [2.75, 3.05) is 6.54 Å². The molecule has 0 bridgehead atoms. The van der Waals surface area contributed by atoms with Crippen molar-refractivity contribution in [1.29, 1.82) is 0 Å². The van der Waals surface area contributed by atoms with Gasteiger partial charge in [-0.3, -0.25) is 0 Å². The van der Waals surface area contributed by atoms with Gasteiger partial charge in [-0.2, -0.15) is 11.0 Å². The first-order chi connectivity index (χ1) is 4.38. The Morgan fingerprint density at radius 3 is 3.00 bits per heavy atom. The zero-order valence-corrected chi connectivity index (χ0v) is 5.12. The van der Waals surface area contributed by atoms with Crippen LogP contribution in [0.15, 0.2) is 0 Å². The molecule has 0 saturated carbocycles. The highest BCUT2D eigenvalue weighted by molar-refractivity contribution is 5.57. The summed E-state index contributed by atoms with van der Waals surface area (Å²) in [5.74, 6) is 4.87. The van der Waals surface area contributed by atoms with E-state index < -0.39 is 0 Å². The lowest BCUT2D eigenvalue weighted by Crippen LogP contribution is -2.33. The second-order valence-corrected chi connectivity index (χ2v) is 2.09. The third-order valence-corrected chi connectivity index (χ3v) is 1.54. The Morgan fingerprint density at radius 1 is 1.78 bits per heavy atom. The van der Waals surface area contributed by atoms with Crippen LogP contribution in [-0.2, 0) is 9.73 Å². The second kappa shape index (κ2) is 2.91. The van der Waals surface area contributed by atoms with Crippen LogP contribution in [0.3, 0.4) is 0 Å². The largest absolute Gasteiger partial charge is 0.302 e. The van der Waals surface area contributed by atoms with Crippen LogP contribution in [0.25, 0.3) is 0 Å². The normalized spacial score (nSPS) is 28.8. The molecule has 4 nitrogen and oxygen atoms in total. The molecular formula is C5H10N2O2. The van der Waals surface area contributed by atoms with Gasteiger partial charge < -0.3 is 4.79 Å². The fourth-order valence-electron chi connectivity index (χ4n) is 1.03. The van der Waals surface area contributed by atoms with Gasteiger partial charge in [-0.05, 0) is 12.8 Å². The molecule has 0 amide bonds. The number of hydroxylamine groups is 2. The maximum absolute atomic E-state index is 10.2. The third kappa shape index (κ3) is 1.27. The average molecular weight is 130 g/mol. The number of nitrogens with zero attached hydrogens (tertiary/aromatic N) is 1. The van der Waals surface area contributed by atoms with Crippen LogP contribution in [0.5, 0.6) is 0 Å². The molecule has 2 N–H and O–H groups in total. The van der Waals surface area contributed by atoms with Crippen LogP contribution in [-0.4, -0.2) is 23.9 Å². The molecular weight excluding hydrogens is 120 g/mol. The minimum atomic E-state index is -0.116. The Bertz CT molecular complexity index is 107. The van der Waals surface area contributed by atoms with Crippen molar-refractivity contribution in [1.82, 2.24) is 5.06 Å². The standard InChI is InChI=1S/C5H10N2O2/c6-9-7-3-1-2-5(7)4-8/h4-5H,1-3,6H2/t5-/m0/s1. The number of carbonyl (C=O) groups is 1. The molecule has 1 atom stereocenters. The topological polar surface area (TPSA) is 55.6 Å². The van der Waals surface area contributed by atoms with E-state index in [2.05, 4.69) is 4.94 Å². The van der Waals surface area contributed by atoms with E-state index in [1.54, 1.807) is 0 Å². The molecule has 9 heavy (non-hydrogen) atoms. The predicted octanol–water partition coefficient (Wildman–Crippen LogP) is -0.545. The molecule has 1 heterocycles. The quantitative estimate of drug-likeness (QED) is 0.402. The lowest BCUT2D eigenvalue weighted by molar-refractivity contribution is -0.173. The summed E-state index contributed by atoms with van der Waals surface area (Å²) >= 11 is 0. The maximum atomic E-state index is 10.2. The fourth-order valence-corrected chi connectivity index (χ4v) is 1.03. The van der Waals surface area contributed by atoms with E-state index in [1.165, 1.54) is 5.06 Å². The highest BCUT2D eigenvalue weighted by atomic mass is 16.8. The van der Waals surface area contributed by atoms with E-state index in [0.717, 1.165) is 25.7 Å². The number of hydrogen-bond donors (Lipinski definition) is 1. The van der Waals surface area contributed by atoms with Crippen molar-refractivity contribution in [3.8, 4) is 0 Å². The van der Waals surface area contributed by atoms with E-state index in [9.17, 15) is 4.79 Å². The molecule has 1 aliphatic heterocycles. The zero-order chi connectivity index (χ0) is 6.69. The van der Waals surface area contributed by atoms with Crippen molar-refractivity contribution in [2.24, 2.45) is 5.90 Å². The number of hydrogen-bond acceptors (Lipinski definition) is 4. The predicted molar refractivity (Wildman–Crippen MR) is 31.1 cm³/mol. The lowest BCUT2D eigenvalue weighted by Gasteiger charge is -2.14. The Kier molecular flexibility index (Phi) is 2.16. The molecule has 1 saturated heterocycles. The smallest absolute Gasteiger partial charge is 0.139 e. The van der Waals surface area contributed by atoms with Gasteiger partial charge in [0.05, 0.1) is 6.04 Å². The van der Waals surface area contributed by atoms with E-state index in [4.69, 9.17) is 5.90 Å². The molecule has 0 aliphatic carbocycles. The molecule has 1 rings (SSSR count). The third-order valence-electron chi connectivity index (χ3n) is 1.54. The Hall–Kier alpha value is -0.450. The van der Waals surface area contributed by atoms with Gasteiger partial charge in [-0.1, -0.05) is 0 Å². The van der Waals surface area contributed by atoms with Gasteiger partial charge in [0.15, 0.2) is 0 Å². The summed E-state index contributed by atoms with van der Waals surface area (Å²) < 4.78 is 0. The van der Waals surface area contributed by atoms with Crippen molar-refractivity contribution in [3.05, 3.63) is 0 Å². The zero-order valence-electron chi connectivity index (χ0n) is 5.12. The molecule has 0 unspecified atom stereocenters. The summed E-state index contributed by atoms with van der Waals surface area (Å²) in [7, 11) is 0. The average Bonchev–Trinajstić information content (AvgIpc) is 2.33. The second-order valence-electron chi connectivity index (χ2n) is 2.09. The first-order valence-electron chi connectivity index (χ1n) is 2.97. The minimum Gasteiger partial charge on any atom is -0.302 e. The van der Waals surface area contributed by atoms with Crippen molar-refractivity contribution < 1.29 is 9.73 Å². The summed E-state index contributed by atoms with van der Waals surface area (Å²) in [6.45, 7) is 0.764. The molecule has 0 aromatic heterocycles. The molecule has 4 heteroatoms. The number of aldehydes is 1. The SMILES string of the molecule is NON1CCC[C@H]1C=O. The summed E-state index contributed by atoms with van der Waals surface area (Å²) in [5.41, 5.74) is 0. The van der Waals surface area contributed by atoms with E-state index >= 15 is 0 Å². The molecule has 0 aromatic carbocycles. The first kappa shape index (κ1) is 6.67. The van der Waals surface area contributed by atoms with E-state index in [-0.39, 0.29) is 6.04 Å². The monoisotopic (exact) mass is 130 g/mol. The van der Waals surface area contributed by atoms with Gasteiger partial charge in [0, 0.05) is 6.54 Å². The molecule has 52 valence electrons. The molecule has 1 aliphatic rings. The summed E-state index contributed by atoms with van der Waals surface area (Å²) in [6, 6.07) is -0.116. The Labute approximate surface area is 53.5 Å². The fraction of sp³-hybridized carbons (Fsp3) is 0.800. The van der Waals surface area contributed by atoms with Gasteiger partial charge in [0.1, 0.15) is 6.29 Å². The minimum absolute atomic E-state index is 0.116. The van der Waals surface area contributed by atoms with Gasteiger partial charge >= 0.3 is 0 Å². The summed E-state index contributed by atoms with van der Waals surface area (Å²) in [4.78, 5) is 14.6. The maximum Gasteiger partial charge on any atom is 0.139 e. The van der Waals surface area contributed by atoms with Gasteiger partial charge in [-0.15, -0.1) is 0 Å². The van der Waals surface area contributed by atoms with Crippen LogP contribution in [0.1, 0.15) is 12.8 Å². The van der Waals surface area contributed by atoms with Crippen molar-refractivity contribution in [2.45, 2.75) is 18.9 Å². The molecule has 0 radical (unpaired) electrons. The van der Waals surface area contributed by atoms with Gasteiger partial charge in [0.25, 0.3) is 0 Å². The first-order valence-corrected chi connectivity index (χ1v) is 2.97. The van der Waals surface area contributed by atoms with Crippen LogP contribution in [0.2, 0.25) is 0 Å². The summed E-state index contributed by atoms with van der Waals surface area (Å²) in [5, 5.41) is 1.49.